The van der Waals surface area contributed by atoms with Gasteiger partial charge in [0.25, 0.3) is 0 Å². The predicted octanol–water partition coefficient (Wildman–Crippen LogP) is 3.43. The number of phenols is 1. The second-order valence-corrected chi connectivity index (χ2v) is 5.63. The van der Waals surface area contributed by atoms with Crippen LogP contribution in [-0.4, -0.2) is 28.6 Å². The Hall–Kier alpha value is -3.34. The van der Waals surface area contributed by atoms with Gasteiger partial charge in [-0.05, 0) is 28.5 Å². The number of fused-ring (bicyclic) bond motifs is 1. The van der Waals surface area contributed by atoms with Gasteiger partial charge in [-0.1, -0.05) is 42.5 Å². The highest BCUT2D eigenvalue weighted by Crippen LogP contribution is 2.25. The number of benzene rings is 3. The predicted molar refractivity (Wildman–Crippen MR) is 93.2 cm³/mol. The smallest absolute Gasteiger partial charge is 0.345 e. The summed E-state index contributed by atoms with van der Waals surface area (Å²) in [5.41, 5.74) is 0.979. The molecule has 0 saturated heterocycles. The number of carboxylic acid groups (broad SMARTS) is 1. The van der Waals surface area contributed by atoms with Crippen molar-refractivity contribution in [3.05, 3.63) is 71.8 Å². The number of carbonyl (C=O) groups is 2. The molecular weight excluding hydrogens is 320 g/mol. The standard InChI is InChI=1S/C20H16O5/c21-12-15-8-9-16(11-18(15)22)25-19(20(23)24)10-14-6-3-5-13-4-1-2-7-17(13)14/h1-9,11-12,19,22H,10H2,(H,23,24). The highest BCUT2D eigenvalue weighted by Gasteiger charge is 2.21. The lowest BCUT2D eigenvalue weighted by atomic mass is 10.00. The van der Waals surface area contributed by atoms with E-state index in [1.54, 1.807) is 0 Å². The van der Waals surface area contributed by atoms with Crippen LogP contribution in [0.4, 0.5) is 0 Å². The van der Waals surface area contributed by atoms with Crippen LogP contribution in [0.1, 0.15) is 15.9 Å². The molecule has 1 unspecified atom stereocenters. The van der Waals surface area contributed by atoms with Gasteiger partial charge in [-0.25, -0.2) is 4.79 Å². The van der Waals surface area contributed by atoms with E-state index < -0.39 is 12.1 Å². The summed E-state index contributed by atoms with van der Waals surface area (Å²) in [5, 5.41) is 21.2. The first kappa shape index (κ1) is 16.5. The molecule has 0 amide bonds. The molecule has 0 heterocycles. The summed E-state index contributed by atoms with van der Waals surface area (Å²) >= 11 is 0. The van der Waals surface area contributed by atoms with Crippen LogP contribution >= 0.6 is 0 Å². The molecule has 0 radical (unpaired) electrons. The average molecular weight is 336 g/mol. The van der Waals surface area contributed by atoms with Crippen molar-refractivity contribution in [2.75, 3.05) is 0 Å². The summed E-state index contributed by atoms with van der Waals surface area (Å²) in [7, 11) is 0. The molecule has 0 saturated carbocycles. The Bertz CT molecular complexity index is 927. The molecule has 0 bridgehead atoms. The minimum absolute atomic E-state index is 0.119. The lowest BCUT2D eigenvalue weighted by Gasteiger charge is -2.17. The molecule has 3 aromatic rings. The highest BCUT2D eigenvalue weighted by molar-refractivity contribution is 5.86. The molecule has 3 aromatic carbocycles. The number of hydrogen-bond donors (Lipinski definition) is 2. The Balaban J connectivity index is 1.88. The summed E-state index contributed by atoms with van der Waals surface area (Å²) in [5.74, 6) is -1.16. The number of ether oxygens (including phenoxy) is 1. The summed E-state index contributed by atoms with van der Waals surface area (Å²) in [6, 6.07) is 17.5. The minimum Gasteiger partial charge on any atom is -0.507 e. The molecule has 0 fully saturated rings. The lowest BCUT2D eigenvalue weighted by molar-refractivity contribution is -0.145. The highest BCUT2D eigenvalue weighted by atomic mass is 16.5. The second kappa shape index (κ2) is 7.05. The largest absolute Gasteiger partial charge is 0.507 e. The first-order valence-electron chi connectivity index (χ1n) is 7.73. The van der Waals surface area contributed by atoms with Crippen molar-refractivity contribution in [2.24, 2.45) is 0 Å². The number of aldehydes is 1. The van der Waals surface area contributed by atoms with Gasteiger partial charge < -0.3 is 14.9 Å². The van der Waals surface area contributed by atoms with Crippen LogP contribution < -0.4 is 4.74 Å². The maximum Gasteiger partial charge on any atom is 0.345 e. The molecule has 0 spiro atoms. The fraction of sp³-hybridized carbons (Fsp3) is 0.100. The van der Waals surface area contributed by atoms with E-state index in [2.05, 4.69) is 0 Å². The third kappa shape index (κ3) is 3.61. The molecule has 1 atom stereocenters. The van der Waals surface area contributed by atoms with Gasteiger partial charge in [0.1, 0.15) is 11.5 Å². The van der Waals surface area contributed by atoms with Crippen LogP contribution in [0.5, 0.6) is 11.5 Å². The SMILES string of the molecule is O=Cc1ccc(OC(Cc2cccc3ccccc23)C(=O)O)cc1O. The van der Waals surface area contributed by atoms with E-state index in [1.807, 2.05) is 42.5 Å². The number of phenolic OH excluding ortho intramolecular Hbond substituents is 1. The van der Waals surface area contributed by atoms with Gasteiger partial charge in [0, 0.05) is 12.5 Å². The fourth-order valence-electron chi connectivity index (χ4n) is 2.71. The molecule has 25 heavy (non-hydrogen) atoms. The summed E-state index contributed by atoms with van der Waals surface area (Å²) in [6.45, 7) is 0. The van der Waals surface area contributed by atoms with Crippen molar-refractivity contribution < 1.29 is 24.5 Å². The fourth-order valence-corrected chi connectivity index (χ4v) is 2.71. The second-order valence-electron chi connectivity index (χ2n) is 5.63. The summed E-state index contributed by atoms with van der Waals surface area (Å²) < 4.78 is 5.53. The normalized spacial score (nSPS) is 11.8. The first-order chi connectivity index (χ1) is 12.1. The zero-order chi connectivity index (χ0) is 17.8. The monoisotopic (exact) mass is 336 g/mol. The molecule has 0 aromatic heterocycles. The zero-order valence-corrected chi connectivity index (χ0v) is 13.3. The molecular formula is C20H16O5. The molecule has 0 aliphatic rings. The summed E-state index contributed by atoms with van der Waals surface area (Å²) in [6.07, 6.45) is -0.427. The number of carboxylic acids is 1. The van der Waals surface area contributed by atoms with E-state index in [0.717, 1.165) is 16.3 Å². The topological polar surface area (TPSA) is 83.8 Å². The van der Waals surface area contributed by atoms with E-state index in [9.17, 15) is 19.8 Å². The van der Waals surface area contributed by atoms with Gasteiger partial charge in [0.05, 0.1) is 5.56 Å². The van der Waals surface area contributed by atoms with Crippen LogP contribution in [0, 0.1) is 0 Å². The molecule has 126 valence electrons. The Kier molecular flexibility index (Phi) is 4.66. The number of rotatable bonds is 6. The van der Waals surface area contributed by atoms with E-state index in [1.165, 1.54) is 18.2 Å². The molecule has 5 heteroatoms. The third-order valence-electron chi connectivity index (χ3n) is 3.97. The number of carbonyl (C=O) groups excluding carboxylic acids is 1. The van der Waals surface area contributed by atoms with Crippen LogP contribution in [0.25, 0.3) is 10.8 Å². The van der Waals surface area contributed by atoms with Gasteiger partial charge in [0.2, 0.25) is 0 Å². The Morgan fingerprint density at radius 2 is 1.84 bits per heavy atom. The Labute approximate surface area is 144 Å². The van der Waals surface area contributed by atoms with Gasteiger partial charge in [-0.3, -0.25) is 4.79 Å². The maximum atomic E-state index is 11.6. The van der Waals surface area contributed by atoms with E-state index in [-0.39, 0.29) is 23.5 Å². The van der Waals surface area contributed by atoms with Crippen molar-refractivity contribution in [3.63, 3.8) is 0 Å². The summed E-state index contributed by atoms with van der Waals surface area (Å²) in [4.78, 5) is 22.3. The van der Waals surface area contributed by atoms with Crippen molar-refractivity contribution in [1.29, 1.82) is 0 Å². The van der Waals surface area contributed by atoms with Crippen LogP contribution in [0.15, 0.2) is 60.7 Å². The first-order valence-corrected chi connectivity index (χ1v) is 7.73. The quantitative estimate of drug-likeness (QED) is 0.674. The lowest BCUT2D eigenvalue weighted by Crippen LogP contribution is -2.29. The minimum atomic E-state index is -1.12. The van der Waals surface area contributed by atoms with Crippen molar-refractivity contribution in [1.82, 2.24) is 0 Å². The van der Waals surface area contributed by atoms with Crippen LogP contribution in [0.2, 0.25) is 0 Å². The van der Waals surface area contributed by atoms with Crippen molar-refractivity contribution in [2.45, 2.75) is 12.5 Å². The Morgan fingerprint density at radius 3 is 2.56 bits per heavy atom. The van der Waals surface area contributed by atoms with E-state index >= 15 is 0 Å². The van der Waals surface area contributed by atoms with Gasteiger partial charge >= 0.3 is 5.97 Å². The van der Waals surface area contributed by atoms with Crippen molar-refractivity contribution >= 4 is 23.0 Å². The molecule has 5 nitrogen and oxygen atoms in total. The van der Waals surface area contributed by atoms with Crippen LogP contribution in [0.3, 0.4) is 0 Å². The van der Waals surface area contributed by atoms with Gasteiger partial charge in [-0.2, -0.15) is 0 Å². The number of hydrogen-bond acceptors (Lipinski definition) is 4. The maximum absolute atomic E-state index is 11.6. The molecule has 0 aliphatic carbocycles. The molecule has 0 aliphatic heterocycles. The van der Waals surface area contributed by atoms with Gasteiger partial charge in [-0.15, -0.1) is 0 Å². The van der Waals surface area contributed by atoms with E-state index in [4.69, 9.17) is 4.74 Å². The zero-order valence-electron chi connectivity index (χ0n) is 13.3. The number of aliphatic carboxylic acids is 1. The van der Waals surface area contributed by atoms with Crippen molar-refractivity contribution in [3.8, 4) is 11.5 Å². The third-order valence-corrected chi connectivity index (χ3v) is 3.97. The van der Waals surface area contributed by atoms with E-state index in [0.29, 0.717) is 6.29 Å². The number of aromatic hydroxyl groups is 1. The average Bonchev–Trinajstić information content (AvgIpc) is 2.61. The Morgan fingerprint density at radius 1 is 1.08 bits per heavy atom. The molecule has 3 rings (SSSR count). The van der Waals surface area contributed by atoms with Gasteiger partial charge in [0.15, 0.2) is 12.4 Å². The molecule has 2 N–H and O–H groups in total. The van der Waals surface area contributed by atoms with Crippen LogP contribution in [-0.2, 0) is 11.2 Å².